The maximum absolute atomic E-state index is 13.9. The number of aryl methyl sites for hydroxylation is 5. The average molecular weight is 900 g/mol. The number of Topliss-reactive ketones (excluding diaryl/α,β-unsaturated/α-hetero) is 1. The number of ether oxygens (including phenoxy) is 4. The van der Waals surface area contributed by atoms with Crippen LogP contribution in [-0.2, 0) is 65.1 Å². The number of nitrogens with zero attached hydrogens (tertiary/aromatic N) is 1. The predicted molar refractivity (Wildman–Crippen MR) is 231 cm³/mol. The van der Waals surface area contributed by atoms with Crippen molar-refractivity contribution in [1.29, 1.82) is 0 Å². The molecule has 16 heteroatoms. The van der Waals surface area contributed by atoms with Gasteiger partial charge in [0.2, 0.25) is 10.0 Å². The second kappa shape index (κ2) is 18.9. The normalized spacial score (nSPS) is 14.1. The Hall–Kier alpha value is -5.36. The molecule has 2 aliphatic heterocycles. The van der Waals surface area contributed by atoms with E-state index < -0.39 is 15.8 Å². The fraction of sp³-hybridized carbons (Fsp3) is 0.283. The first-order valence-electron chi connectivity index (χ1n) is 20.0. The van der Waals surface area contributed by atoms with Gasteiger partial charge in [-0.3, -0.25) is 9.59 Å². The van der Waals surface area contributed by atoms with E-state index in [0.717, 1.165) is 50.8 Å². The highest BCUT2D eigenvalue weighted by Gasteiger charge is 2.23. The third-order valence-corrected chi connectivity index (χ3v) is 14.9. The number of ketones is 1. The minimum atomic E-state index is -3.80. The second-order valence-electron chi connectivity index (χ2n) is 15.1. The van der Waals surface area contributed by atoms with Gasteiger partial charge in [0.25, 0.3) is 5.91 Å². The largest absolute Gasteiger partial charge is 0.467 e. The van der Waals surface area contributed by atoms with E-state index in [2.05, 4.69) is 33.2 Å². The van der Waals surface area contributed by atoms with Gasteiger partial charge in [-0.2, -0.15) is 0 Å². The van der Waals surface area contributed by atoms with E-state index in [1.54, 1.807) is 18.2 Å². The number of carbonyl (C=O) groups excluding carboxylic acids is 2. The number of sulfonamides is 1. The Labute approximate surface area is 366 Å². The number of hydrogen-bond acceptors (Lipinski definition) is 11. The fourth-order valence-electron chi connectivity index (χ4n) is 7.50. The number of thiophene rings is 1. The molecule has 322 valence electrons. The SMILES string of the molecule is Cc1ccc(C(=O)CCc2ccc(S(=O)(=O)NCc3cc(F)cc4c3OCOC4)s2)cc1.Cc1nc(C(=O)NCc2cc(F)cc3c2OCOC3)sc1-c1ccc2c(c1)CCC2. The highest BCUT2D eigenvalue weighted by molar-refractivity contribution is 7.91. The lowest BCUT2D eigenvalue weighted by Gasteiger charge is -2.21. The molecule has 0 unspecified atom stereocenters. The van der Waals surface area contributed by atoms with Gasteiger partial charge in [0, 0.05) is 52.2 Å². The summed E-state index contributed by atoms with van der Waals surface area (Å²) in [5.41, 5.74) is 8.69. The van der Waals surface area contributed by atoms with Crippen molar-refractivity contribution in [2.24, 2.45) is 0 Å². The van der Waals surface area contributed by atoms with Gasteiger partial charge in [0.15, 0.2) is 24.4 Å². The van der Waals surface area contributed by atoms with Crippen LogP contribution in [0.25, 0.3) is 10.4 Å². The molecule has 0 bridgehead atoms. The fourth-order valence-corrected chi connectivity index (χ4v) is 10.9. The molecule has 0 saturated heterocycles. The Kier molecular flexibility index (Phi) is 13.2. The monoisotopic (exact) mass is 899 g/mol. The van der Waals surface area contributed by atoms with E-state index in [-0.39, 0.29) is 55.0 Å². The molecule has 6 aromatic rings. The molecular weight excluding hydrogens is 857 g/mol. The van der Waals surface area contributed by atoms with Gasteiger partial charge in [-0.15, -0.1) is 22.7 Å². The van der Waals surface area contributed by atoms with Crippen LogP contribution < -0.4 is 19.5 Å². The number of amides is 1. The van der Waals surface area contributed by atoms with Crippen LogP contribution in [0.2, 0.25) is 0 Å². The van der Waals surface area contributed by atoms with E-state index in [1.165, 1.54) is 59.2 Å². The van der Waals surface area contributed by atoms with Crippen LogP contribution in [0.3, 0.4) is 0 Å². The Morgan fingerprint density at radius 1 is 0.758 bits per heavy atom. The van der Waals surface area contributed by atoms with Crippen molar-refractivity contribution in [3.8, 4) is 21.9 Å². The summed E-state index contributed by atoms with van der Waals surface area (Å²) in [6.07, 6.45) is 4.21. The molecule has 0 spiro atoms. The molecule has 2 aromatic heterocycles. The van der Waals surface area contributed by atoms with Crippen LogP contribution in [0.15, 0.2) is 83.1 Å². The van der Waals surface area contributed by atoms with Crippen molar-refractivity contribution in [2.75, 3.05) is 13.6 Å². The number of fused-ring (bicyclic) bond motifs is 3. The number of hydrogen-bond donors (Lipinski definition) is 2. The Bertz CT molecular complexity index is 2750. The molecule has 3 aliphatic rings. The Morgan fingerprint density at radius 2 is 1.42 bits per heavy atom. The van der Waals surface area contributed by atoms with Gasteiger partial charge >= 0.3 is 0 Å². The lowest BCUT2D eigenvalue weighted by atomic mass is 10.0. The number of rotatable bonds is 12. The zero-order valence-electron chi connectivity index (χ0n) is 34.0. The molecule has 2 N–H and O–H groups in total. The van der Waals surface area contributed by atoms with E-state index >= 15 is 0 Å². The summed E-state index contributed by atoms with van der Waals surface area (Å²) in [6.45, 7) is 4.59. The predicted octanol–water partition coefficient (Wildman–Crippen LogP) is 8.90. The first-order chi connectivity index (χ1) is 29.9. The molecule has 4 heterocycles. The lowest BCUT2D eigenvalue weighted by molar-refractivity contribution is -0.0174. The van der Waals surface area contributed by atoms with Crippen molar-refractivity contribution >= 4 is 44.4 Å². The van der Waals surface area contributed by atoms with Crippen molar-refractivity contribution in [3.05, 3.63) is 151 Å². The van der Waals surface area contributed by atoms with Crippen molar-refractivity contribution in [3.63, 3.8) is 0 Å². The van der Waals surface area contributed by atoms with Crippen LogP contribution >= 0.6 is 22.7 Å². The quantitative estimate of drug-likeness (QED) is 0.115. The van der Waals surface area contributed by atoms with Gasteiger partial charge in [-0.05, 0) is 98.7 Å². The van der Waals surface area contributed by atoms with Crippen molar-refractivity contribution in [2.45, 2.75) is 76.5 Å². The number of nitrogens with one attached hydrogen (secondary N) is 2. The zero-order valence-corrected chi connectivity index (χ0v) is 36.4. The molecule has 11 nitrogen and oxygen atoms in total. The molecule has 0 saturated carbocycles. The van der Waals surface area contributed by atoms with E-state index in [1.807, 2.05) is 26.0 Å². The molecule has 1 amide bonds. The molecular formula is C46H43F2N3O8S3. The standard InChI is InChI=1S/C23H21FN2O3S.C23H22FNO5S2/c1-13-21(16-6-5-14-3-2-4-15(14)7-16)30-23(26-13)22(27)25-10-17-8-19(24)9-18-11-28-12-29-20(17)18;1-15-2-4-16(5-3-15)21(26)8-6-20-7-9-22(31-20)32(27,28)25-12-17-10-19(24)11-18-13-29-14-30-23(17)18/h5-9H,2-4,10-12H2,1H3,(H,25,27);2-5,7,9-11,25H,6,8,12-14H2,1H3. The topological polar surface area (TPSA) is 142 Å². The van der Waals surface area contributed by atoms with Crippen molar-refractivity contribution in [1.82, 2.24) is 15.0 Å². The maximum atomic E-state index is 13.9. The van der Waals surface area contributed by atoms with Gasteiger partial charge in [0.05, 0.1) is 23.8 Å². The number of halogens is 2. The van der Waals surface area contributed by atoms with Gasteiger partial charge in [0.1, 0.15) is 27.3 Å². The summed E-state index contributed by atoms with van der Waals surface area (Å²) in [5, 5.41) is 3.25. The minimum Gasteiger partial charge on any atom is -0.467 e. The number of thiazole rings is 1. The highest BCUT2D eigenvalue weighted by atomic mass is 32.2. The summed E-state index contributed by atoms with van der Waals surface area (Å²) in [5.74, 6) is -0.0971. The van der Waals surface area contributed by atoms with Crippen LogP contribution in [-0.4, -0.2) is 38.7 Å². The summed E-state index contributed by atoms with van der Waals surface area (Å²) >= 11 is 2.50. The first kappa shape index (κ1) is 43.3. The summed E-state index contributed by atoms with van der Waals surface area (Å²) in [4.78, 5) is 31.4. The zero-order chi connectivity index (χ0) is 43.4. The summed E-state index contributed by atoms with van der Waals surface area (Å²) in [6, 6.07) is 22.5. The summed E-state index contributed by atoms with van der Waals surface area (Å²) < 4.78 is 77.2. The lowest BCUT2D eigenvalue weighted by Crippen LogP contribution is -2.24. The molecule has 62 heavy (non-hydrogen) atoms. The van der Waals surface area contributed by atoms with Crippen LogP contribution in [0, 0.1) is 25.5 Å². The number of carbonyl (C=O) groups is 2. The second-order valence-corrected chi connectivity index (χ2v) is 19.3. The summed E-state index contributed by atoms with van der Waals surface area (Å²) in [7, 11) is -3.80. The maximum Gasteiger partial charge on any atom is 0.280 e. The highest BCUT2D eigenvalue weighted by Crippen LogP contribution is 2.35. The van der Waals surface area contributed by atoms with E-state index in [0.29, 0.717) is 63.8 Å². The molecule has 4 aromatic carbocycles. The minimum absolute atomic E-state index is 0.0146. The average Bonchev–Trinajstić information content (AvgIpc) is 4.04. The van der Waals surface area contributed by atoms with Crippen LogP contribution in [0.5, 0.6) is 11.5 Å². The third kappa shape index (κ3) is 10.1. The number of aromatic nitrogens is 1. The molecule has 0 atom stereocenters. The van der Waals surface area contributed by atoms with Gasteiger partial charge < -0.3 is 24.3 Å². The molecule has 1 aliphatic carbocycles. The Morgan fingerprint density at radius 3 is 2.11 bits per heavy atom. The number of benzene rings is 4. The van der Waals surface area contributed by atoms with E-state index in [4.69, 9.17) is 18.9 Å². The van der Waals surface area contributed by atoms with Crippen LogP contribution in [0.4, 0.5) is 8.78 Å². The van der Waals surface area contributed by atoms with Gasteiger partial charge in [-0.25, -0.2) is 26.9 Å². The third-order valence-electron chi connectivity index (χ3n) is 10.6. The van der Waals surface area contributed by atoms with Crippen LogP contribution in [0.1, 0.15) is 82.5 Å². The van der Waals surface area contributed by atoms with Crippen molar-refractivity contribution < 1.29 is 45.7 Å². The first-order valence-corrected chi connectivity index (χ1v) is 23.1. The van der Waals surface area contributed by atoms with Gasteiger partial charge in [-0.1, -0.05) is 42.0 Å². The smallest absolute Gasteiger partial charge is 0.280 e. The molecule has 0 fully saturated rings. The Balaban J connectivity index is 0.000000171. The molecule has 0 radical (unpaired) electrons. The molecule has 9 rings (SSSR count). The van der Waals surface area contributed by atoms with E-state index in [9.17, 15) is 26.8 Å².